The van der Waals surface area contributed by atoms with E-state index in [9.17, 15) is 4.79 Å². The molecule has 0 aliphatic heterocycles. The summed E-state index contributed by atoms with van der Waals surface area (Å²) in [6.45, 7) is 0. The Labute approximate surface area is 61.4 Å². The van der Waals surface area contributed by atoms with Crippen LogP contribution in [0.15, 0.2) is 0 Å². The van der Waals surface area contributed by atoms with Crippen LogP contribution in [0, 0.1) is 11.3 Å². The summed E-state index contributed by atoms with van der Waals surface area (Å²) in [5.74, 6) is -1.07. The number of hydrogen-bond acceptors (Lipinski definition) is 2. The third-order valence-electron chi connectivity index (χ3n) is 0.230. The molecule has 7 heavy (non-hydrogen) atoms. The molecule has 0 saturated carbocycles. The van der Waals surface area contributed by atoms with Crippen LogP contribution in [0.2, 0.25) is 0 Å². The summed E-state index contributed by atoms with van der Waals surface area (Å²) in [7, 11) is 0. The molecule has 0 aliphatic carbocycles. The number of hydrogen-bond donors (Lipinski definition) is 1. The van der Waals surface area contributed by atoms with Crippen LogP contribution in [-0.2, 0) is 32.5 Å². The van der Waals surface area contributed by atoms with Gasteiger partial charge in [-0.1, -0.05) is 0 Å². The van der Waals surface area contributed by atoms with E-state index in [-0.39, 0.29) is 27.7 Å². The SMILES string of the molecule is N#CCC(=O)O.[Hg]. The molecule has 0 radical (unpaired) electrons. The van der Waals surface area contributed by atoms with Crippen LogP contribution in [0.3, 0.4) is 0 Å². The topological polar surface area (TPSA) is 61.1 Å². The largest absolute Gasteiger partial charge is 0.480 e. The molecule has 0 atom stereocenters. The Morgan fingerprint density at radius 2 is 2.29 bits per heavy atom. The molecular weight excluding hydrogens is 283 g/mol. The molecule has 1 N–H and O–H groups in total. The van der Waals surface area contributed by atoms with Gasteiger partial charge in [-0.2, -0.15) is 5.26 Å². The van der Waals surface area contributed by atoms with E-state index in [0.29, 0.717) is 0 Å². The minimum absolute atomic E-state index is 0. The van der Waals surface area contributed by atoms with Gasteiger partial charge in [-0.3, -0.25) is 4.79 Å². The molecular formula is C3H3HgNO2. The molecule has 0 rings (SSSR count). The van der Waals surface area contributed by atoms with Crippen LogP contribution < -0.4 is 0 Å². The van der Waals surface area contributed by atoms with Crippen molar-refractivity contribution in [3.8, 4) is 6.07 Å². The summed E-state index contributed by atoms with van der Waals surface area (Å²) in [5.41, 5.74) is 0. The standard InChI is InChI=1S/C3H3NO2.Hg/c4-2-1-3(5)6;/h1H2,(H,5,6);. The molecule has 4 heteroatoms. The Kier molecular flexibility index (Phi) is 8.42. The second-order valence-electron chi connectivity index (χ2n) is 0.729. The van der Waals surface area contributed by atoms with Gasteiger partial charge in [-0.05, 0) is 0 Å². The van der Waals surface area contributed by atoms with E-state index in [0.717, 1.165) is 0 Å². The third kappa shape index (κ3) is 10.7. The fraction of sp³-hybridized carbons (Fsp3) is 0.333. The molecule has 3 nitrogen and oxygen atoms in total. The van der Waals surface area contributed by atoms with Crippen molar-refractivity contribution in [1.29, 1.82) is 5.26 Å². The zero-order valence-electron chi connectivity index (χ0n) is 3.72. The Balaban J connectivity index is 0. The van der Waals surface area contributed by atoms with Crippen molar-refractivity contribution >= 4 is 5.97 Å². The van der Waals surface area contributed by atoms with Crippen molar-refractivity contribution in [3.63, 3.8) is 0 Å². The smallest absolute Gasteiger partial charge is 0.317 e. The summed E-state index contributed by atoms with van der Waals surface area (Å²) in [6, 6.07) is 1.47. The average Bonchev–Trinajstić information content (AvgIpc) is 1.35. The second-order valence-corrected chi connectivity index (χ2v) is 0.729. The summed E-state index contributed by atoms with van der Waals surface area (Å²) in [4.78, 5) is 9.38. The number of nitriles is 1. The van der Waals surface area contributed by atoms with Gasteiger partial charge in [-0.15, -0.1) is 0 Å². The van der Waals surface area contributed by atoms with Gasteiger partial charge in [0.15, 0.2) is 0 Å². The van der Waals surface area contributed by atoms with E-state index in [1.165, 1.54) is 6.07 Å². The first-order chi connectivity index (χ1) is 2.77. The van der Waals surface area contributed by atoms with Crippen LogP contribution in [0.1, 0.15) is 6.42 Å². The van der Waals surface area contributed by atoms with Crippen molar-refractivity contribution in [2.75, 3.05) is 0 Å². The molecule has 0 saturated heterocycles. The number of aliphatic carboxylic acids is 1. The summed E-state index contributed by atoms with van der Waals surface area (Å²) < 4.78 is 0. The first-order valence-electron chi connectivity index (χ1n) is 1.36. The third-order valence-corrected chi connectivity index (χ3v) is 0.230. The van der Waals surface area contributed by atoms with Gasteiger partial charge in [-0.25, -0.2) is 0 Å². The van der Waals surface area contributed by atoms with Gasteiger partial charge in [0, 0.05) is 27.7 Å². The maximum atomic E-state index is 9.38. The summed E-state index contributed by atoms with van der Waals surface area (Å²) in [5, 5.41) is 15.3. The zero-order valence-corrected chi connectivity index (χ0v) is 9.21. The molecule has 0 spiro atoms. The van der Waals surface area contributed by atoms with E-state index in [1.54, 1.807) is 0 Å². The Bertz CT molecular complexity index is 95.6. The maximum Gasteiger partial charge on any atom is 0.317 e. The monoisotopic (exact) mass is 287 g/mol. The molecule has 0 fully saturated rings. The number of carboxylic acid groups (broad SMARTS) is 1. The van der Waals surface area contributed by atoms with Crippen molar-refractivity contribution in [1.82, 2.24) is 0 Å². The summed E-state index contributed by atoms with van der Waals surface area (Å²) >= 11 is 0. The fourth-order valence-electron chi connectivity index (χ4n) is 0.0676. The Morgan fingerprint density at radius 3 is 2.29 bits per heavy atom. The number of carboxylic acids is 1. The Morgan fingerprint density at radius 1 is 1.86 bits per heavy atom. The van der Waals surface area contributed by atoms with Crippen molar-refractivity contribution in [2.24, 2.45) is 0 Å². The van der Waals surface area contributed by atoms with Crippen LogP contribution in [0.4, 0.5) is 0 Å². The van der Waals surface area contributed by atoms with Gasteiger partial charge in [0.25, 0.3) is 0 Å². The predicted octanol–water partition coefficient (Wildman–Crippen LogP) is -0.0178. The molecule has 0 unspecified atom stereocenters. The van der Waals surface area contributed by atoms with E-state index in [1.807, 2.05) is 0 Å². The minimum atomic E-state index is -1.07. The minimum Gasteiger partial charge on any atom is -0.480 e. The maximum absolute atomic E-state index is 9.38. The summed E-state index contributed by atoms with van der Waals surface area (Å²) in [6.07, 6.45) is -0.403. The van der Waals surface area contributed by atoms with E-state index in [4.69, 9.17) is 10.4 Å². The van der Waals surface area contributed by atoms with E-state index in [2.05, 4.69) is 0 Å². The van der Waals surface area contributed by atoms with Crippen LogP contribution >= 0.6 is 0 Å². The van der Waals surface area contributed by atoms with Gasteiger partial charge in [0.1, 0.15) is 6.42 Å². The average molecular weight is 286 g/mol. The second kappa shape index (κ2) is 5.90. The van der Waals surface area contributed by atoms with Gasteiger partial charge in [0.05, 0.1) is 6.07 Å². The van der Waals surface area contributed by atoms with Crippen molar-refractivity contribution < 1.29 is 37.6 Å². The molecule has 0 amide bonds. The first-order valence-corrected chi connectivity index (χ1v) is 1.36. The van der Waals surface area contributed by atoms with Crippen molar-refractivity contribution in [3.05, 3.63) is 0 Å². The normalized spacial score (nSPS) is 5.57. The quantitative estimate of drug-likeness (QED) is 0.689. The Hall–Kier alpha value is -0.105. The molecule has 0 aliphatic rings. The van der Waals surface area contributed by atoms with Crippen LogP contribution in [0.5, 0.6) is 0 Å². The van der Waals surface area contributed by atoms with Crippen LogP contribution in [0.25, 0.3) is 0 Å². The first kappa shape index (κ1) is 10.00. The van der Waals surface area contributed by atoms with Crippen LogP contribution in [-0.4, -0.2) is 11.1 Å². The molecule has 34 valence electrons. The predicted molar refractivity (Wildman–Crippen MR) is 17.9 cm³/mol. The molecule has 0 bridgehead atoms. The molecule has 0 aromatic carbocycles. The number of nitrogens with zero attached hydrogens (tertiary/aromatic N) is 1. The fourth-order valence-corrected chi connectivity index (χ4v) is 0.0676. The number of carbonyl (C=O) groups is 1. The molecule has 0 aromatic heterocycles. The zero-order chi connectivity index (χ0) is 4.99. The molecule has 0 heterocycles. The van der Waals surface area contributed by atoms with Crippen molar-refractivity contribution in [2.45, 2.75) is 6.42 Å². The van der Waals surface area contributed by atoms with Gasteiger partial charge >= 0.3 is 5.97 Å². The van der Waals surface area contributed by atoms with E-state index >= 15 is 0 Å². The van der Waals surface area contributed by atoms with Gasteiger partial charge < -0.3 is 5.11 Å². The number of rotatable bonds is 1. The van der Waals surface area contributed by atoms with Gasteiger partial charge in [0.2, 0.25) is 0 Å². The van der Waals surface area contributed by atoms with E-state index < -0.39 is 12.4 Å². The molecule has 0 aromatic rings.